The Morgan fingerprint density at radius 1 is 1.31 bits per heavy atom. The van der Waals surface area contributed by atoms with E-state index in [1.807, 2.05) is 0 Å². The summed E-state index contributed by atoms with van der Waals surface area (Å²) in [4.78, 5) is 2.68. The van der Waals surface area contributed by atoms with E-state index in [9.17, 15) is 0 Å². The molecule has 2 N–H and O–H groups in total. The van der Waals surface area contributed by atoms with E-state index in [1.54, 1.807) is 0 Å². The molecular weight excluding hydrogens is 216 g/mol. The van der Waals surface area contributed by atoms with E-state index in [1.165, 1.54) is 50.9 Å². The number of nitrogens with zero attached hydrogens (tertiary/aromatic N) is 1. The molecule has 0 spiro atoms. The summed E-state index contributed by atoms with van der Waals surface area (Å²) in [6, 6.07) is 0.670. The second kappa shape index (κ2) is 6.27. The molecule has 0 amide bonds. The van der Waals surface area contributed by atoms with Crippen LogP contribution in [0.15, 0.2) is 0 Å². The highest BCUT2D eigenvalue weighted by Gasteiger charge is 2.30. The summed E-state index contributed by atoms with van der Waals surface area (Å²) in [5.41, 5.74) is 6.03. The molecule has 0 aromatic carbocycles. The molecule has 1 saturated carbocycles. The van der Waals surface area contributed by atoms with Crippen molar-refractivity contribution in [3.05, 3.63) is 0 Å². The molecule has 0 aromatic rings. The lowest BCUT2D eigenvalue weighted by Crippen LogP contribution is -2.51. The van der Waals surface area contributed by atoms with Crippen LogP contribution in [0.5, 0.6) is 0 Å². The highest BCUT2D eigenvalue weighted by molar-refractivity contribution is 7.99. The van der Waals surface area contributed by atoms with E-state index in [0.717, 1.165) is 17.7 Å². The van der Waals surface area contributed by atoms with Gasteiger partial charge in [-0.05, 0) is 18.8 Å². The van der Waals surface area contributed by atoms with Crippen molar-refractivity contribution in [1.29, 1.82) is 0 Å². The number of hydrogen-bond donors (Lipinski definition) is 1. The molecule has 3 heteroatoms. The Morgan fingerprint density at radius 2 is 2.06 bits per heavy atom. The summed E-state index contributed by atoms with van der Waals surface area (Å²) in [5.74, 6) is 2.18. The van der Waals surface area contributed by atoms with E-state index < -0.39 is 0 Å². The van der Waals surface area contributed by atoms with Crippen LogP contribution < -0.4 is 5.73 Å². The monoisotopic (exact) mass is 242 g/mol. The van der Waals surface area contributed by atoms with Crippen molar-refractivity contribution < 1.29 is 0 Å². The summed E-state index contributed by atoms with van der Waals surface area (Å²) in [6.07, 6.45) is 7.14. The highest BCUT2D eigenvalue weighted by Crippen LogP contribution is 2.30. The van der Waals surface area contributed by atoms with E-state index in [0.29, 0.717) is 6.04 Å². The molecule has 1 aliphatic heterocycles. The Kier molecular flexibility index (Phi) is 4.98. The quantitative estimate of drug-likeness (QED) is 0.823. The molecule has 2 unspecified atom stereocenters. The van der Waals surface area contributed by atoms with Crippen molar-refractivity contribution in [2.45, 2.75) is 50.3 Å². The lowest BCUT2D eigenvalue weighted by Gasteiger charge is -2.41. The third-order valence-electron chi connectivity index (χ3n) is 4.18. The maximum Gasteiger partial charge on any atom is 0.0247 e. The largest absolute Gasteiger partial charge is 0.329 e. The average Bonchev–Trinajstić information content (AvgIpc) is 2.31. The minimum absolute atomic E-state index is 0.670. The predicted molar refractivity (Wildman–Crippen MR) is 72.9 cm³/mol. The van der Waals surface area contributed by atoms with Gasteiger partial charge in [0.1, 0.15) is 0 Å². The smallest absolute Gasteiger partial charge is 0.0247 e. The van der Waals surface area contributed by atoms with Crippen LogP contribution in [0.3, 0.4) is 0 Å². The standard InChI is InChI=1S/C13H26N2S/c1-11-10-15(7-8-16-11)13(9-14)12-5-3-2-4-6-12/h11-13H,2-10,14H2,1H3. The van der Waals surface area contributed by atoms with Gasteiger partial charge in [-0.25, -0.2) is 0 Å². The van der Waals surface area contributed by atoms with Gasteiger partial charge < -0.3 is 5.73 Å². The second-order valence-corrected chi connectivity index (χ2v) is 6.92. The first-order valence-electron chi connectivity index (χ1n) is 6.87. The van der Waals surface area contributed by atoms with Gasteiger partial charge in [0.15, 0.2) is 0 Å². The molecule has 2 fully saturated rings. The third kappa shape index (κ3) is 3.14. The minimum atomic E-state index is 0.670. The van der Waals surface area contributed by atoms with Crippen molar-refractivity contribution in [1.82, 2.24) is 4.90 Å². The molecule has 0 bridgehead atoms. The van der Waals surface area contributed by atoms with E-state index in [4.69, 9.17) is 5.73 Å². The Labute approximate surface area is 104 Å². The number of nitrogens with two attached hydrogens (primary N) is 1. The summed E-state index contributed by atoms with van der Waals surface area (Å²) < 4.78 is 0. The maximum absolute atomic E-state index is 6.03. The summed E-state index contributed by atoms with van der Waals surface area (Å²) >= 11 is 2.11. The predicted octanol–water partition coefficient (Wildman–Crippen LogP) is 2.33. The molecular formula is C13H26N2S. The Balaban J connectivity index is 1.91. The van der Waals surface area contributed by atoms with Crippen molar-refractivity contribution in [2.75, 3.05) is 25.4 Å². The van der Waals surface area contributed by atoms with Crippen LogP contribution in [0.4, 0.5) is 0 Å². The van der Waals surface area contributed by atoms with Crippen LogP contribution in [0, 0.1) is 5.92 Å². The number of thioether (sulfide) groups is 1. The summed E-state index contributed by atoms with van der Waals surface area (Å²) in [6.45, 7) is 5.73. The molecule has 2 atom stereocenters. The van der Waals surface area contributed by atoms with Gasteiger partial charge in [-0.15, -0.1) is 0 Å². The zero-order valence-electron chi connectivity index (χ0n) is 10.5. The fourth-order valence-electron chi connectivity index (χ4n) is 3.31. The molecule has 0 aromatic heterocycles. The summed E-state index contributed by atoms with van der Waals surface area (Å²) in [7, 11) is 0. The zero-order valence-corrected chi connectivity index (χ0v) is 11.3. The first-order valence-corrected chi connectivity index (χ1v) is 7.92. The van der Waals surface area contributed by atoms with Crippen molar-refractivity contribution >= 4 is 11.8 Å². The van der Waals surface area contributed by atoms with Gasteiger partial charge in [-0.3, -0.25) is 4.90 Å². The van der Waals surface area contributed by atoms with Crippen LogP contribution in [-0.2, 0) is 0 Å². The van der Waals surface area contributed by atoms with Gasteiger partial charge in [0.2, 0.25) is 0 Å². The topological polar surface area (TPSA) is 29.3 Å². The lowest BCUT2D eigenvalue weighted by atomic mass is 9.83. The maximum atomic E-state index is 6.03. The van der Waals surface area contributed by atoms with Gasteiger partial charge in [0, 0.05) is 36.7 Å². The number of hydrogen-bond acceptors (Lipinski definition) is 3. The first kappa shape index (κ1) is 12.7. The van der Waals surface area contributed by atoms with Crippen molar-refractivity contribution in [3.63, 3.8) is 0 Å². The SMILES string of the molecule is CC1CN(C(CN)C2CCCCC2)CCS1. The van der Waals surface area contributed by atoms with Gasteiger partial charge in [-0.2, -0.15) is 11.8 Å². The van der Waals surface area contributed by atoms with Crippen molar-refractivity contribution in [3.8, 4) is 0 Å². The number of rotatable bonds is 3. The van der Waals surface area contributed by atoms with Crippen LogP contribution in [0.25, 0.3) is 0 Å². The highest BCUT2D eigenvalue weighted by atomic mass is 32.2. The van der Waals surface area contributed by atoms with E-state index in [-0.39, 0.29) is 0 Å². The lowest BCUT2D eigenvalue weighted by molar-refractivity contribution is 0.127. The Hall–Kier alpha value is 0.270. The molecule has 1 heterocycles. The fourth-order valence-corrected chi connectivity index (χ4v) is 4.34. The van der Waals surface area contributed by atoms with Gasteiger partial charge >= 0.3 is 0 Å². The molecule has 1 saturated heterocycles. The molecule has 2 aliphatic rings. The van der Waals surface area contributed by atoms with Gasteiger partial charge in [-0.1, -0.05) is 26.2 Å². The Morgan fingerprint density at radius 3 is 2.69 bits per heavy atom. The van der Waals surface area contributed by atoms with Gasteiger partial charge in [0.25, 0.3) is 0 Å². The molecule has 0 radical (unpaired) electrons. The zero-order chi connectivity index (χ0) is 11.4. The molecule has 2 nitrogen and oxygen atoms in total. The molecule has 2 rings (SSSR count). The van der Waals surface area contributed by atoms with E-state index >= 15 is 0 Å². The first-order chi connectivity index (χ1) is 7.81. The third-order valence-corrected chi connectivity index (χ3v) is 5.31. The van der Waals surface area contributed by atoms with Gasteiger partial charge in [0.05, 0.1) is 0 Å². The average molecular weight is 242 g/mol. The van der Waals surface area contributed by atoms with Crippen LogP contribution >= 0.6 is 11.8 Å². The second-order valence-electron chi connectivity index (χ2n) is 5.38. The normalized spacial score (nSPS) is 31.5. The van der Waals surface area contributed by atoms with Crippen LogP contribution in [0.2, 0.25) is 0 Å². The van der Waals surface area contributed by atoms with Crippen molar-refractivity contribution in [2.24, 2.45) is 11.7 Å². The fraction of sp³-hybridized carbons (Fsp3) is 1.00. The molecule has 1 aliphatic carbocycles. The summed E-state index contributed by atoms with van der Waals surface area (Å²) in [5, 5.41) is 0.798. The van der Waals surface area contributed by atoms with Crippen LogP contribution in [-0.4, -0.2) is 41.6 Å². The van der Waals surface area contributed by atoms with E-state index in [2.05, 4.69) is 23.6 Å². The molecule has 16 heavy (non-hydrogen) atoms. The molecule has 94 valence electrons. The minimum Gasteiger partial charge on any atom is -0.329 e. The van der Waals surface area contributed by atoms with Crippen LogP contribution in [0.1, 0.15) is 39.0 Å². The Bertz CT molecular complexity index is 204.